The van der Waals surface area contributed by atoms with Gasteiger partial charge >= 0.3 is 0 Å². The number of para-hydroxylation sites is 1. The summed E-state index contributed by atoms with van der Waals surface area (Å²) in [6.07, 6.45) is 2.23. The summed E-state index contributed by atoms with van der Waals surface area (Å²) in [4.78, 5) is 12.2. The molecule has 2 unspecified atom stereocenters. The summed E-state index contributed by atoms with van der Waals surface area (Å²) in [5.74, 6) is 2.29. The van der Waals surface area contributed by atoms with Gasteiger partial charge in [-0.25, -0.2) is 4.79 Å². The molecule has 0 aromatic heterocycles. The zero-order valence-corrected chi connectivity index (χ0v) is 17.4. The van der Waals surface area contributed by atoms with E-state index in [1.165, 1.54) is 0 Å². The van der Waals surface area contributed by atoms with E-state index in [1.807, 2.05) is 78.9 Å². The first-order valence-corrected chi connectivity index (χ1v) is 10.5. The molecule has 144 valence electrons. The quantitative estimate of drug-likeness (QED) is 0.390. The third kappa shape index (κ3) is 3.55. The lowest BCUT2D eigenvalue weighted by atomic mass is 9.79. The lowest BCUT2D eigenvalue weighted by Crippen LogP contribution is -2.23. The first kappa shape index (κ1) is 19.3. The summed E-state index contributed by atoms with van der Waals surface area (Å²) in [5.41, 5.74) is 4.85. The van der Waals surface area contributed by atoms with E-state index in [-0.39, 0.29) is 4.75 Å². The second-order valence-electron chi connectivity index (χ2n) is 7.42. The van der Waals surface area contributed by atoms with Crippen LogP contribution < -0.4 is 5.32 Å². The Kier molecular flexibility index (Phi) is 5.19. The normalized spacial score (nSPS) is 23.2. The number of hydrogen-bond donors (Lipinski definition) is 1. The summed E-state index contributed by atoms with van der Waals surface area (Å²) in [6, 6.07) is 30.3. The molecule has 0 saturated carbocycles. The molecular formula is C26H23NOS. The SMILES string of the molecule is C/C(=C\C1(C)SC1(C(=C=O)c1ccccc1)c1ccccc1)Nc1ccccc1. The minimum absolute atomic E-state index is 0.261. The largest absolute Gasteiger partial charge is 0.359 e. The van der Waals surface area contributed by atoms with Gasteiger partial charge in [0, 0.05) is 11.4 Å². The van der Waals surface area contributed by atoms with Crippen LogP contribution in [0.4, 0.5) is 5.69 Å². The van der Waals surface area contributed by atoms with Crippen LogP contribution >= 0.6 is 11.8 Å². The minimum Gasteiger partial charge on any atom is -0.359 e. The summed E-state index contributed by atoms with van der Waals surface area (Å²) in [7, 11) is 0. The van der Waals surface area contributed by atoms with Crippen LogP contribution in [0.3, 0.4) is 0 Å². The second kappa shape index (κ2) is 7.79. The molecule has 0 spiro atoms. The fourth-order valence-corrected chi connectivity index (χ4v) is 5.64. The van der Waals surface area contributed by atoms with Crippen molar-refractivity contribution in [1.29, 1.82) is 0 Å². The van der Waals surface area contributed by atoms with Gasteiger partial charge in [0.15, 0.2) is 0 Å². The topological polar surface area (TPSA) is 29.1 Å². The number of benzene rings is 3. The molecule has 0 amide bonds. The van der Waals surface area contributed by atoms with Crippen LogP contribution in [-0.2, 0) is 9.54 Å². The fraction of sp³-hybridized carbons (Fsp3) is 0.154. The number of carbonyl (C=O) groups excluding carboxylic acids is 1. The molecule has 0 bridgehead atoms. The molecule has 1 fully saturated rings. The highest BCUT2D eigenvalue weighted by Gasteiger charge is 2.68. The Morgan fingerprint density at radius 1 is 0.897 bits per heavy atom. The van der Waals surface area contributed by atoms with E-state index in [4.69, 9.17) is 0 Å². The maximum atomic E-state index is 12.2. The van der Waals surface area contributed by atoms with Crippen molar-refractivity contribution in [3.05, 3.63) is 114 Å². The molecule has 3 aromatic carbocycles. The maximum Gasteiger partial charge on any atom is 0.130 e. The molecule has 1 heterocycles. The number of anilines is 1. The molecule has 1 saturated heterocycles. The second-order valence-corrected chi connectivity index (χ2v) is 9.08. The molecule has 2 atom stereocenters. The van der Waals surface area contributed by atoms with E-state index in [0.717, 1.165) is 22.5 Å². The van der Waals surface area contributed by atoms with Crippen molar-refractivity contribution in [2.45, 2.75) is 23.3 Å². The molecule has 1 aliphatic heterocycles. The number of rotatable bonds is 6. The molecule has 29 heavy (non-hydrogen) atoms. The average molecular weight is 398 g/mol. The number of allylic oxidation sites excluding steroid dienone is 1. The summed E-state index contributed by atoms with van der Waals surface area (Å²) in [6.45, 7) is 4.26. The third-order valence-corrected chi connectivity index (χ3v) is 7.14. The van der Waals surface area contributed by atoms with Gasteiger partial charge in [-0.3, -0.25) is 0 Å². The van der Waals surface area contributed by atoms with Gasteiger partial charge in [0.2, 0.25) is 0 Å². The van der Waals surface area contributed by atoms with Crippen molar-refractivity contribution >= 4 is 29.0 Å². The molecule has 2 nitrogen and oxygen atoms in total. The van der Waals surface area contributed by atoms with E-state index < -0.39 is 4.75 Å². The Hall–Kier alpha value is -3.00. The van der Waals surface area contributed by atoms with Gasteiger partial charge in [0.1, 0.15) is 5.94 Å². The van der Waals surface area contributed by atoms with Gasteiger partial charge in [-0.2, -0.15) is 0 Å². The van der Waals surface area contributed by atoms with E-state index in [9.17, 15) is 4.79 Å². The molecule has 4 rings (SSSR count). The van der Waals surface area contributed by atoms with Gasteiger partial charge in [-0.15, -0.1) is 11.8 Å². The van der Waals surface area contributed by atoms with Crippen molar-refractivity contribution in [3.63, 3.8) is 0 Å². The predicted octanol–water partition coefficient (Wildman–Crippen LogP) is 6.32. The van der Waals surface area contributed by atoms with E-state index >= 15 is 0 Å². The standard InChI is InChI=1S/C26H23NOS/c1-20(27-23-16-10-5-11-17-23)18-25(2)26(29-25,22-14-8-4-9-15-22)24(19-28)21-12-6-3-7-13-21/h3-18,27H,1-2H3/b20-18+. The van der Waals surface area contributed by atoms with Crippen LogP contribution in [-0.4, -0.2) is 10.7 Å². The van der Waals surface area contributed by atoms with Crippen molar-refractivity contribution in [2.75, 3.05) is 5.32 Å². The average Bonchev–Trinajstić information content (AvgIpc) is 3.35. The first-order valence-electron chi connectivity index (χ1n) is 9.67. The Balaban J connectivity index is 1.76. The Morgan fingerprint density at radius 2 is 1.45 bits per heavy atom. The number of nitrogens with one attached hydrogen (secondary N) is 1. The van der Waals surface area contributed by atoms with E-state index in [1.54, 1.807) is 11.8 Å². The zero-order chi connectivity index (χ0) is 20.3. The minimum atomic E-state index is -0.461. The maximum absolute atomic E-state index is 12.2. The van der Waals surface area contributed by atoms with Crippen LogP contribution in [0.5, 0.6) is 0 Å². The van der Waals surface area contributed by atoms with Crippen LogP contribution in [0.1, 0.15) is 25.0 Å². The van der Waals surface area contributed by atoms with Gasteiger partial charge < -0.3 is 5.32 Å². The lowest BCUT2D eigenvalue weighted by molar-refractivity contribution is 0.567. The lowest BCUT2D eigenvalue weighted by Gasteiger charge is -2.21. The highest BCUT2D eigenvalue weighted by Crippen LogP contribution is 2.75. The Bertz CT molecular complexity index is 1070. The summed E-state index contributed by atoms with van der Waals surface area (Å²) < 4.78 is -0.722. The molecular weight excluding hydrogens is 374 g/mol. The van der Waals surface area contributed by atoms with Gasteiger partial charge in [0.25, 0.3) is 0 Å². The van der Waals surface area contributed by atoms with Gasteiger partial charge in [-0.05, 0) is 43.2 Å². The zero-order valence-electron chi connectivity index (χ0n) is 16.6. The molecule has 1 N–H and O–H groups in total. The Morgan fingerprint density at radius 3 is 2.03 bits per heavy atom. The van der Waals surface area contributed by atoms with Crippen molar-refractivity contribution in [3.8, 4) is 0 Å². The van der Waals surface area contributed by atoms with Gasteiger partial charge in [-0.1, -0.05) is 78.9 Å². The van der Waals surface area contributed by atoms with Crippen LogP contribution in [0.15, 0.2) is 103 Å². The Labute approximate surface area is 176 Å². The monoisotopic (exact) mass is 397 g/mol. The van der Waals surface area contributed by atoms with Crippen molar-refractivity contribution in [1.82, 2.24) is 0 Å². The fourth-order valence-electron chi connectivity index (χ4n) is 4.02. The number of hydrogen-bond acceptors (Lipinski definition) is 3. The molecule has 3 aromatic rings. The molecule has 1 aliphatic rings. The molecule has 0 radical (unpaired) electrons. The van der Waals surface area contributed by atoms with E-state index in [2.05, 4.69) is 43.3 Å². The molecule has 0 aliphatic carbocycles. The van der Waals surface area contributed by atoms with Crippen molar-refractivity contribution in [2.24, 2.45) is 0 Å². The smallest absolute Gasteiger partial charge is 0.130 e. The van der Waals surface area contributed by atoms with E-state index in [0.29, 0.717) is 5.57 Å². The van der Waals surface area contributed by atoms with Gasteiger partial charge in [0.05, 0.1) is 15.1 Å². The summed E-state index contributed by atoms with van der Waals surface area (Å²) in [5, 5.41) is 3.46. The highest BCUT2D eigenvalue weighted by molar-refractivity contribution is 8.09. The number of thioether (sulfide) groups is 1. The third-order valence-electron chi connectivity index (χ3n) is 5.33. The van der Waals surface area contributed by atoms with Crippen LogP contribution in [0.25, 0.3) is 5.57 Å². The van der Waals surface area contributed by atoms with Crippen LogP contribution in [0, 0.1) is 0 Å². The van der Waals surface area contributed by atoms with Crippen LogP contribution in [0.2, 0.25) is 0 Å². The molecule has 3 heteroatoms. The predicted molar refractivity (Wildman–Crippen MR) is 123 cm³/mol. The first-order chi connectivity index (χ1) is 14.1. The highest BCUT2D eigenvalue weighted by atomic mass is 32.2. The van der Waals surface area contributed by atoms with Crippen molar-refractivity contribution < 1.29 is 4.79 Å². The summed E-state index contributed by atoms with van der Waals surface area (Å²) >= 11 is 1.79.